The van der Waals surface area contributed by atoms with E-state index in [0.717, 1.165) is 22.4 Å². The summed E-state index contributed by atoms with van der Waals surface area (Å²) in [6.45, 7) is 2.26. The highest BCUT2D eigenvalue weighted by atomic mass is 35.5. The van der Waals surface area contributed by atoms with Gasteiger partial charge in [-0.1, -0.05) is 41.9 Å². The summed E-state index contributed by atoms with van der Waals surface area (Å²) in [7, 11) is 1.63. The van der Waals surface area contributed by atoms with Crippen LogP contribution in [0.15, 0.2) is 66.4 Å². The molecular weight excluding hydrogens is 388 g/mol. The highest BCUT2D eigenvalue weighted by molar-refractivity contribution is 6.32. The van der Waals surface area contributed by atoms with Gasteiger partial charge in [0.05, 0.1) is 12.7 Å². The van der Waals surface area contributed by atoms with Crippen LogP contribution in [0.25, 0.3) is 6.08 Å². The fraction of sp³-hybridized carbons (Fsp3) is 0.125. The Labute approximate surface area is 174 Å². The van der Waals surface area contributed by atoms with Crippen LogP contribution in [0.2, 0.25) is 5.02 Å². The van der Waals surface area contributed by atoms with Crippen molar-refractivity contribution in [1.29, 1.82) is 0 Å². The minimum Gasteiger partial charge on any atom is -0.497 e. The van der Waals surface area contributed by atoms with E-state index in [1.807, 2.05) is 49.4 Å². The number of ether oxygens (including phenoxy) is 3. The van der Waals surface area contributed by atoms with Crippen LogP contribution < -0.4 is 14.2 Å². The Kier molecular flexibility index (Phi) is 5.28. The van der Waals surface area contributed by atoms with Gasteiger partial charge in [0.25, 0.3) is 0 Å². The Hall–Kier alpha value is -3.24. The summed E-state index contributed by atoms with van der Waals surface area (Å²) in [6.07, 6.45) is 1.67. The van der Waals surface area contributed by atoms with E-state index >= 15 is 0 Å². The number of ketones is 1. The van der Waals surface area contributed by atoms with Crippen LogP contribution in [0.1, 0.15) is 27.0 Å². The van der Waals surface area contributed by atoms with Crippen LogP contribution in [0.3, 0.4) is 0 Å². The van der Waals surface area contributed by atoms with Crippen molar-refractivity contribution in [3.05, 3.63) is 93.7 Å². The molecule has 0 amide bonds. The fourth-order valence-electron chi connectivity index (χ4n) is 3.18. The van der Waals surface area contributed by atoms with Gasteiger partial charge in [0.15, 0.2) is 5.76 Å². The molecule has 0 atom stereocenters. The van der Waals surface area contributed by atoms with Crippen LogP contribution in [0.5, 0.6) is 17.2 Å². The number of carbonyl (C=O) groups excluding carboxylic acids is 1. The second kappa shape index (κ2) is 8.02. The Bertz CT molecular complexity index is 1120. The molecule has 4 rings (SSSR count). The normalized spacial score (nSPS) is 13.9. The first kappa shape index (κ1) is 19.1. The maximum absolute atomic E-state index is 12.7. The lowest BCUT2D eigenvalue weighted by atomic mass is 10.1. The molecule has 0 fully saturated rings. The first-order valence-corrected chi connectivity index (χ1v) is 9.52. The summed E-state index contributed by atoms with van der Waals surface area (Å²) in [6, 6.07) is 18.5. The van der Waals surface area contributed by atoms with Gasteiger partial charge in [-0.15, -0.1) is 0 Å². The third-order valence-corrected chi connectivity index (χ3v) is 5.10. The monoisotopic (exact) mass is 406 g/mol. The molecule has 146 valence electrons. The summed E-state index contributed by atoms with van der Waals surface area (Å²) in [5.41, 5.74) is 3.02. The number of hydrogen-bond acceptors (Lipinski definition) is 4. The average Bonchev–Trinajstić information content (AvgIpc) is 3.06. The summed E-state index contributed by atoms with van der Waals surface area (Å²) in [5.74, 6) is 2.05. The van der Waals surface area contributed by atoms with Crippen molar-refractivity contribution in [2.75, 3.05) is 7.11 Å². The topological polar surface area (TPSA) is 44.8 Å². The molecule has 0 bridgehead atoms. The molecule has 29 heavy (non-hydrogen) atoms. The molecule has 0 saturated heterocycles. The lowest BCUT2D eigenvalue weighted by Gasteiger charge is -2.12. The Morgan fingerprint density at radius 1 is 1.07 bits per heavy atom. The minimum atomic E-state index is -0.164. The van der Waals surface area contributed by atoms with Gasteiger partial charge in [0, 0.05) is 10.6 Å². The molecule has 1 heterocycles. The lowest BCUT2D eigenvalue weighted by molar-refractivity contribution is 0.101. The number of Topliss-reactive ketones (excluding diaryl/α,β-unsaturated/α-hetero) is 1. The predicted octanol–water partition coefficient (Wildman–Crippen LogP) is 5.85. The van der Waals surface area contributed by atoms with Crippen molar-refractivity contribution in [3.8, 4) is 17.2 Å². The molecule has 0 saturated carbocycles. The summed E-state index contributed by atoms with van der Waals surface area (Å²) < 4.78 is 17.1. The number of hydrogen-bond donors (Lipinski definition) is 0. The smallest absolute Gasteiger partial charge is 0.231 e. The molecule has 0 radical (unpaired) electrons. The van der Waals surface area contributed by atoms with Gasteiger partial charge in [-0.3, -0.25) is 4.79 Å². The predicted molar refractivity (Wildman–Crippen MR) is 113 cm³/mol. The molecule has 0 aromatic heterocycles. The molecule has 3 aromatic rings. The van der Waals surface area contributed by atoms with Gasteiger partial charge in [-0.2, -0.15) is 0 Å². The Morgan fingerprint density at radius 3 is 2.69 bits per heavy atom. The van der Waals surface area contributed by atoms with Crippen LogP contribution in [0, 0.1) is 6.92 Å². The minimum absolute atomic E-state index is 0.164. The summed E-state index contributed by atoms with van der Waals surface area (Å²) >= 11 is 6.20. The van der Waals surface area contributed by atoms with E-state index in [0.29, 0.717) is 28.7 Å². The van der Waals surface area contributed by atoms with Gasteiger partial charge in [0.1, 0.15) is 23.9 Å². The molecule has 1 aliphatic heterocycles. The summed E-state index contributed by atoms with van der Waals surface area (Å²) in [5, 5.41) is 0.561. The molecule has 0 N–H and O–H groups in total. The van der Waals surface area contributed by atoms with Crippen LogP contribution in [0.4, 0.5) is 0 Å². The summed E-state index contributed by atoms with van der Waals surface area (Å²) in [4.78, 5) is 12.7. The van der Waals surface area contributed by atoms with Crippen molar-refractivity contribution in [1.82, 2.24) is 0 Å². The standard InChI is InChI=1S/C24H19ClO4/c1-15-21(28-14-16-6-5-8-18(12-16)27-2)11-10-19-23(26)22(29-24(15)19)13-17-7-3-4-9-20(17)25/h3-13H,14H2,1-2H3/b22-13-. The van der Waals surface area contributed by atoms with E-state index < -0.39 is 0 Å². The maximum Gasteiger partial charge on any atom is 0.231 e. The Balaban J connectivity index is 1.57. The molecule has 0 unspecified atom stereocenters. The van der Waals surface area contributed by atoms with Crippen molar-refractivity contribution < 1.29 is 19.0 Å². The number of fused-ring (bicyclic) bond motifs is 1. The lowest BCUT2D eigenvalue weighted by Crippen LogP contribution is -1.99. The van der Waals surface area contributed by atoms with Gasteiger partial charge >= 0.3 is 0 Å². The molecule has 1 aliphatic rings. The third kappa shape index (κ3) is 3.84. The number of benzene rings is 3. The van der Waals surface area contributed by atoms with Crippen molar-refractivity contribution in [2.45, 2.75) is 13.5 Å². The zero-order valence-corrected chi connectivity index (χ0v) is 16.8. The number of allylic oxidation sites excluding steroid dienone is 1. The van der Waals surface area contributed by atoms with E-state index in [4.69, 9.17) is 25.8 Å². The molecule has 5 heteroatoms. The number of carbonyl (C=O) groups is 1. The van der Waals surface area contributed by atoms with Crippen LogP contribution in [-0.2, 0) is 6.61 Å². The Morgan fingerprint density at radius 2 is 1.90 bits per heavy atom. The third-order valence-electron chi connectivity index (χ3n) is 4.76. The van der Waals surface area contributed by atoms with Gasteiger partial charge in [0.2, 0.25) is 5.78 Å². The number of methoxy groups -OCH3 is 1. The molecule has 0 spiro atoms. The highest BCUT2D eigenvalue weighted by Gasteiger charge is 2.30. The molecule has 3 aromatic carbocycles. The average molecular weight is 407 g/mol. The first-order chi connectivity index (χ1) is 14.1. The first-order valence-electron chi connectivity index (χ1n) is 9.15. The highest BCUT2D eigenvalue weighted by Crippen LogP contribution is 2.39. The maximum atomic E-state index is 12.7. The van der Waals surface area contributed by atoms with Crippen LogP contribution in [-0.4, -0.2) is 12.9 Å². The number of rotatable bonds is 5. The molecular formula is C24H19ClO4. The quantitative estimate of drug-likeness (QED) is 0.498. The number of halogens is 1. The van der Waals surface area contributed by atoms with Gasteiger partial charge < -0.3 is 14.2 Å². The van der Waals surface area contributed by atoms with Crippen LogP contribution >= 0.6 is 11.6 Å². The van der Waals surface area contributed by atoms with E-state index in [-0.39, 0.29) is 11.5 Å². The SMILES string of the molecule is COc1cccc(COc2ccc3c(c2C)O/C(=C\c2ccccc2Cl)C3=O)c1. The zero-order valence-electron chi connectivity index (χ0n) is 16.1. The largest absolute Gasteiger partial charge is 0.497 e. The molecule has 0 aliphatic carbocycles. The zero-order chi connectivity index (χ0) is 20.4. The van der Waals surface area contributed by atoms with Crippen molar-refractivity contribution in [2.24, 2.45) is 0 Å². The van der Waals surface area contributed by atoms with Crippen molar-refractivity contribution >= 4 is 23.5 Å². The van der Waals surface area contributed by atoms with E-state index in [2.05, 4.69) is 0 Å². The van der Waals surface area contributed by atoms with E-state index in [1.54, 1.807) is 31.4 Å². The van der Waals surface area contributed by atoms with E-state index in [1.165, 1.54) is 0 Å². The fourth-order valence-corrected chi connectivity index (χ4v) is 3.37. The second-order valence-corrected chi connectivity index (χ2v) is 7.07. The van der Waals surface area contributed by atoms with Crippen molar-refractivity contribution in [3.63, 3.8) is 0 Å². The molecule has 4 nitrogen and oxygen atoms in total. The second-order valence-electron chi connectivity index (χ2n) is 6.67. The van der Waals surface area contributed by atoms with E-state index in [9.17, 15) is 4.79 Å². The van der Waals surface area contributed by atoms with Gasteiger partial charge in [-0.05, 0) is 54.5 Å². The van der Waals surface area contributed by atoms with Gasteiger partial charge in [-0.25, -0.2) is 0 Å².